The second-order valence-electron chi connectivity index (χ2n) is 8.64. The lowest BCUT2D eigenvalue weighted by atomic mass is 9.75. The summed E-state index contributed by atoms with van der Waals surface area (Å²) in [4.78, 5) is 25.7. The molecule has 1 aliphatic carbocycles. The Balaban J connectivity index is 1.27. The lowest BCUT2D eigenvalue weighted by molar-refractivity contribution is -0.143. The molecule has 32 heavy (non-hydrogen) atoms. The Hall–Kier alpha value is -2.88. The van der Waals surface area contributed by atoms with E-state index in [9.17, 15) is 18.4 Å². The van der Waals surface area contributed by atoms with Crippen LogP contribution >= 0.6 is 0 Å². The van der Waals surface area contributed by atoms with E-state index in [1.54, 1.807) is 30.3 Å². The summed E-state index contributed by atoms with van der Waals surface area (Å²) >= 11 is 0. The third-order valence-corrected chi connectivity index (χ3v) is 6.76. The molecule has 2 saturated heterocycles. The van der Waals surface area contributed by atoms with Crippen molar-refractivity contribution in [1.29, 1.82) is 0 Å². The number of benzene rings is 2. The van der Waals surface area contributed by atoms with Crippen molar-refractivity contribution in [2.75, 3.05) is 0 Å². The first-order valence-electron chi connectivity index (χ1n) is 10.9. The average Bonchev–Trinajstić information content (AvgIpc) is 3.22. The Kier molecular flexibility index (Phi) is 5.62. The fourth-order valence-corrected chi connectivity index (χ4v) is 5.06. The normalized spacial score (nSPS) is 29.7. The number of rotatable bonds is 4. The number of nitrogens with zero attached hydrogens (tertiary/aromatic N) is 1. The predicted molar refractivity (Wildman–Crippen MR) is 112 cm³/mol. The first-order chi connectivity index (χ1) is 15.5. The van der Waals surface area contributed by atoms with Crippen LogP contribution in [0.3, 0.4) is 0 Å². The number of carbonyl (C=O) groups excluding carboxylic acids is 2. The number of amides is 2. The van der Waals surface area contributed by atoms with Crippen molar-refractivity contribution >= 4 is 11.8 Å². The van der Waals surface area contributed by atoms with Crippen LogP contribution in [0, 0.1) is 23.5 Å². The molecule has 3 aliphatic rings. The number of halogens is 2. The summed E-state index contributed by atoms with van der Waals surface area (Å²) in [6, 6.07) is 11.9. The van der Waals surface area contributed by atoms with Crippen molar-refractivity contribution < 1.29 is 18.4 Å². The number of hydrogen-bond donors (Lipinski definition) is 4. The molecule has 0 spiro atoms. The van der Waals surface area contributed by atoms with Gasteiger partial charge in [-0.05, 0) is 43.0 Å². The monoisotopic (exact) mass is 441 g/mol. The van der Waals surface area contributed by atoms with Crippen LogP contribution in [0.25, 0.3) is 0 Å². The zero-order chi connectivity index (χ0) is 22.2. The van der Waals surface area contributed by atoms with Gasteiger partial charge in [0, 0.05) is 24.1 Å². The van der Waals surface area contributed by atoms with Crippen molar-refractivity contribution in [1.82, 2.24) is 26.6 Å². The first-order valence-corrected chi connectivity index (χ1v) is 10.9. The fraction of sp³-hybridized carbons (Fsp3) is 0.391. The van der Waals surface area contributed by atoms with Crippen LogP contribution in [0.15, 0.2) is 48.5 Å². The van der Waals surface area contributed by atoms with Crippen LogP contribution in [-0.4, -0.2) is 29.0 Å². The maximum Gasteiger partial charge on any atom is 0.226 e. The Labute approximate surface area is 184 Å². The molecule has 4 N–H and O–H groups in total. The molecule has 5 atom stereocenters. The molecule has 5 rings (SSSR count). The van der Waals surface area contributed by atoms with E-state index in [2.05, 4.69) is 21.6 Å². The molecule has 1 saturated carbocycles. The molecule has 2 amide bonds. The quantitative estimate of drug-likeness (QED) is 0.582. The van der Waals surface area contributed by atoms with Crippen LogP contribution < -0.4 is 21.6 Å². The first kappa shape index (κ1) is 21.0. The highest BCUT2D eigenvalue weighted by molar-refractivity contribution is 5.83. The number of nitrogens with one attached hydrogen (secondary N) is 4. The number of carbonyl (C=O) groups is 2. The zero-order valence-corrected chi connectivity index (χ0v) is 17.4. The maximum absolute atomic E-state index is 14.4. The van der Waals surface area contributed by atoms with E-state index in [1.165, 1.54) is 18.2 Å². The van der Waals surface area contributed by atoms with E-state index in [0.29, 0.717) is 31.4 Å². The molecule has 0 radical (unpaired) electrons. The summed E-state index contributed by atoms with van der Waals surface area (Å²) in [6.07, 6.45) is 1.27. The third kappa shape index (κ3) is 3.87. The molecule has 9 heteroatoms. The van der Waals surface area contributed by atoms with E-state index in [-0.39, 0.29) is 41.3 Å². The molecule has 2 aromatic rings. The second-order valence-corrected chi connectivity index (χ2v) is 8.64. The van der Waals surface area contributed by atoms with Crippen molar-refractivity contribution in [3.05, 3.63) is 71.3 Å². The van der Waals surface area contributed by atoms with Crippen molar-refractivity contribution in [2.24, 2.45) is 11.8 Å². The van der Waals surface area contributed by atoms with E-state index < -0.39 is 12.2 Å². The summed E-state index contributed by atoms with van der Waals surface area (Å²) in [6.45, 7) is 0.325. The van der Waals surface area contributed by atoms with Crippen LogP contribution in [0.4, 0.5) is 8.78 Å². The van der Waals surface area contributed by atoms with E-state index in [4.69, 9.17) is 0 Å². The zero-order valence-electron chi connectivity index (χ0n) is 17.4. The molecule has 2 aliphatic heterocycles. The number of hydrogen-bond acceptors (Lipinski definition) is 5. The van der Waals surface area contributed by atoms with Crippen LogP contribution in [0.1, 0.15) is 36.4 Å². The predicted octanol–water partition coefficient (Wildman–Crippen LogP) is 1.89. The van der Waals surface area contributed by atoms with Gasteiger partial charge in [-0.1, -0.05) is 30.3 Å². The van der Waals surface area contributed by atoms with Gasteiger partial charge in [0.1, 0.15) is 17.8 Å². The van der Waals surface area contributed by atoms with Gasteiger partial charge in [0.2, 0.25) is 11.8 Å². The molecular weight excluding hydrogens is 416 g/mol. The molecular formula is C23H25F2N5O2. The van der Waals surface area contributed by atoms with Gasteiger partial charge in [0.25, 0.3) is 0 Å². The molecule has 2 aromatic carbocycles. The van der Waals surface area contributed by atoms with Gasteiger partial charge in [-0.15, -0.1) is 0 Å². The molecule has 168 valence electrons. The second kappa shape index (κ2) is 8.57. The summed E-state index contributed by atoms with van der Waals surface area (Å²) in [5.41, 5.74) is 7.50. The SMILES string of the molecule is O=C(NCc1ccc(F)cc1)C1CCC2C(=O)NC3C(c4ccccc4F)NNN3C2C1. The third-order valence-electron chi connectivity index (χ3n) is 6.76. The van der Waals surface area contributed by atoms with Gasteiger partial charge < -0.3 is 10.6 Å². The number of fused-ring (bicyclic) bond motifs is 3. The van der Waals surface area contributed by atoms with Gasteiger partial charge in [-0.3, -0.25) is 9.59 Å². The minimum absolute atomic E-state index is 0.0618. The smallest absolute Gasteiger partial charge is 0.226 e. The van der Waals surface area contributed by atoms with Crippen LogP contribution in [0.5, 0.6) is 0 Å². The lowest BCUT2D eigenvalue weighted by Crippen LogP contribution is -2.65. The minimum atomic E-state index is -0.457. The average molecular weight is 441 g/mol. The fourth-order valence-electron chi connectivity index (χ4n) is 5.06. The Bertz CT molecular complexity index is 1020. The molecule has 0 aromatic heterocycles. The van der Waals surface area contributed by atoms with Crippen LogP contribution in [0.2, 0.25) is 0 Å². The highest BCUT2D eigenvalue weighted by atomic mass is 19.1. The lowest BCUT2D eigenvalue weighted by Gasteiger charge is -2.46. The molecule has 0 bridgehead atoms. The molecule has 2 heterocycles. The summed E-state index contributed by atoms with van der Waals surface area (Å²) in [7, 11) is 0. The van der Waals surface area contributed by atoms with Gasteiger partial charge in [0.05, 0.1) is 12.0 Å². The van der Waals surface area contributed by atoms with Gasteiger partial charge in [0.15, 0.2) is 0 Å². The highest BCUT2D eigenvalue weighted by Crippen LogP contribution is 2.39. The van der Waals surface area contributed by atoms with Crippen molar-refractivity contribution in [3.8, 4) is 0 Å². The summed E-state index contributed by atoms with van der Waals surface area (Å²) < 4.78 is 27.4. The standard InChI is InChI=1S/C23H25F2N5O2/c24-15-8-5-13(6-9-15)12-26-22(31)14-7-10-17-19(11-14)30-21(27-23(17)32)20(28-29-30)16-3-1-2-4-18(16)25/h1-6,8-9,14,17,19-21,28-29H,7,10-12H2,(H,26,31)(H,27,32). The number of hydrazine groups is 2. The van der Waals surface area contributed by atoms with E-state index >= 15 is 0 Å². The van der Waals surface area contributed by atoms with E-state index in [1.807, 2.05) is 5.01 Å². The Morgan fingerprint density at radius 3 is 2.66 bits per heavy atom. The largest absolute Gasteiger partial charge is 0.352 e. The summed E-state index contributed by atoms with van der Waals surface area (Å²) in [5, 5.41) is 7.86. The van der Waals surface area contributed by atoms with Crippen molar-refractivity contribution in [3.63, 3.8) is 0 Å². The topological polar surface area (TPSA) is 85.5 Å². The van der Waals surface area contributed by atoms with Gasteiger partial charge >= 0.3 is 0 Å². The molecule has 7 nitrogen and oxygen atoms in total. The highest BCUT2D eigenvalue weighted by Gasteiger charge is 2.51. The Morgan fingerprint density at radius 1 is 1.09 bits per heavy atom. The summed E-state index contributed by atoms with van der Waals surface area (Å²) in [5.74, 6) is -1.27. The minimum Gasteiger partial charge on any atom is -0.352 e. The molecule has 5 unspecified atom stereocenters. The molecule has 3 fully saturated rings. The van der Waals surface area contributed by atoms with E-state index in [0.717, 1.165) is 5.56 Å². The van der Waals surface area contributed by atoms with Crippen molar-refractivity contribution in [2.45, 2.75) is 44.1 Å². The Morgan fingerprint density at radius 2 is 1.88 bits per heavy atom. The van der Waals surface area contributed by atoms with Crippen LogP contribution in [-0.2, 0) is 16.1 Å². The van der Waals surface area contributed by atoms with Gasteiger partial charge in [-0.25, -0.2) is 19.2 Å². The maximum atomic E-state index is 14.4. The van der Waals surface area contributed by atoms with Gasteiger partial charge in [-0.2, -0.15) is 5.53 Å².